The topological polar surface area (TPSA) is 194 Å². The standard InChI is InChI=1S/C37H28Cl2FN5O10/c1-41(2)31-26(44(51)52)13-21(14-27(31)45(53)54)42-32(47)24-9-8-23-25(29(24)33(42)48)15-36(38)34(49)43(20-5-3-19(40)4-6-20)35(50)37(36,39)30(23)18-11-17-12-22(46)7-10-28(17)55-16-18/h3-8,10,12-14,16,24-25,29-30,46H,9,11,15H2,1-2H3. The highest BCUT2D eigenvalue weighted by molar-refractivity contribution is 6.58. The first kappa shape index (κ1) is 36.1. The molecule has 0 aromatic heterocycles. The van der Waals surface area contributed by atoms with Crippen molar-refractivity contribution in [1.29, 1.82) is 0 Å². The molecule has 2 aliphatic carbocycles. The average molecular weight is 793 g/mol. The van der Waals surface area contributed by atoms with Crippen LogP contribution in [0.25, 0.3) is 0 Å². The molecule has 6 atom stereocenters. The van der Waals surface area contributed by atoms with Gasteiger partial charge in [0, 0.05) is 44.1 Å². The molecule has 3 aliphatic heterocycles. The monoisotopic (exact) mass is 791 g/mol. The summed E-state index contributed by atoms with van der Waals surface area (Å²) in [7, 11) is 2.75. The van der Waals surface area contributed by atoms with E-state index >= 15 is 0 Å². The predicted octanol–water partition coefficient (Wildman–Crippen LogP) is 5.53. The number of hydrogen-bond donors (Lipinski definition) is 1. The first-order valence-corrected chi connectivity index (χ1v) is 17.7. The Labute approximate surface area is 320 Å². The second-order valence-electron chi connectivity index (χ2n) is 14.3. The first-order chi connectivity index (χ1) is 26.0. The summed E-state index contributed by atoms with van der Waals surface area (Å²) in [4.78, 5) is 78.7. The van der Waals surface area contributed by atoms with Gasteiger partial charge in [-0.2, -0.15) is 0 Å². The number of carbonyl (C=O) groups is 4. The van der Waals surface area contributed by atoms with Crippen LogP contribution >= 0.6 is 23.2 Å². The Morgan fingerprint density at radius 1 is 0.891 bits per heavy atom. The number of nitro benzene ring substituents is 2. The van der Waals surface area contributed by atoms with Gasteiger partial charge in [0.15, 0.2) is 15.4 Å². The van der Waals surface area contributed by atoms with Crippen LogP contribution in [0, 0.1) is 49.7 Å². The number of fused-ring (bicyclic) bond motifs is 5. The smallest absolute Gasteiger partial charge is 0.301 e. The Bertz CT molecular complexity index is 2330. The summed E-state index contributed by atoms with van der Waals surface area (Å²) >= 11 is 14.8. The molecular formula is C37H28Cl2FN5O10. The van der Waals surface area contributed by atoms with E-state index in [1.54, 1.807) is 12.1 Å². The number of phenols is 1. The van der Waals surface area contributed by atoms with Crippen LogP contribution in [0.15, 0.2) is 78.1 Å². The van der Waals surface area contributed by atoms with E-state index in [0.29, 0.717) is 27.4 Å². The summed E-state index contributed by atoms with van der Waals surface area (Å²) in [5, 5.41) is 34.6. The summed E-state index contributed by atoms with van der Waals surface area (Å²) in [6.45, 7) is 0. The van der Waals surface area contributed by atoms with E-state index < -0.39 is 90.5 Å². The third-order valence-electron chi connectivity index (χ3n) is 11.2. The first-order valence-electron chi connectivity index (χ1n) is 16.9. The molecule has 4 amide bonds. The summed E-state index contributed by atoms with van der Waals surface area (Å²) in [6.07, 6.45) is 2.63. The fourth-order valence-corrected chi connectivity index (χ4v) is 9.87. The Hall–Kier alpha value is -5.87. The molecule has 0 radical (unpaired) electrons. The molecule has 2 saturated heterocycles. The number of imide groups is 2. The fraction of sp³-hybridized carbons (Fsp3) is 0.297. The van der Waals surface area contributed by atoms with Crippen molar-refractivity contribution in [1.82, 2.24) is 0 Å². The number of anilines is 3. The molecule has 282 valence electrons. The van der Waals surface area contributed by atoms with Crippen molar-refractivity contribution in [3.63, 3.8) is 0 Å². The second kappa shape index (κ2) is 12.3. The largest absolute Gasteiger partial charge is 0.508 e. The van der Waals surface area contributed by atoms with Gasteiger partial charge in [-0.3, -0.25) is 39.4 Å². The molecule has 1 saturated carbocycles. The number of ether oxygens (including phenoxy) is 1. The van der Waals surface area contributed by atoms with Gasteiger partial charge in [-0.25, -0.2) is 14.2 Å². The van der Waals surface area contributed by atoms with E-state index in [9.17, 15) is 48.9 Å². The molecule has 18 heteroatoms. The van der Waals surface area contributed by atoms with Crippen LogP contribution < -0.4 is 19.4 Å². The van der Waals surface area contributed by atoms with Crippen molar-refractivity contribution in [2.24, 2.45) is 23.7 Å². The number of allylic oxidation sites excluding steroid dienone is 3. The van der Waals surface area contributed by atoms with Gasteiger partial charge in [0.1, 0.15) is 17.3 Å². The van der Waals surface area contributed by atoms with Gasteiger partial charge >= 0.3 is 11.4 Å². The van der Waals surface area contributed by atoms with E-state index in [0.717, 1.165) is 29.2 Å². The summed E-state index contributed by atoms with van der Waals surface area (Å²) in [5.41, 5.74) is -0.854. The predicted molar refractivity (Wildman–Crippen MR) is 194 cm³/mol. The number of aromatic hydroxyl groups is 1. The maximum absolute atomic E-state index is 14.6. The number of carbonyl (C=O) groups excluding carboxylic acids is 4. The van der Waals surface area contributed by atoms with Crippen LogP contribution in [0.2, 0.25) is 0 Å². The molecule has 5 aliphatic rings. The van der Waals surface area contributed by atoms with E-state index in [1.807, 2.05) is 0 Å². The fourth-order valence-electron chi connectivity index (χ4n) is 8.92. The number of amides is 4. The summed E-state index contributed by atoms with van der Waals surface area (Å²) < 4.78 is 19.9. The van der Waals surface area contributed by atoms with Crippen molar-refractivity contribution in [2.75, 3.05) is 28.8 Å². The lowest BCUT2D eigenvalue weighted by molar-refractivity contribution is -0.392. The van der Waals surface area contributed by atoms with Crippen LogP contribution in [-0.4, -0.2) is 62.4 Å². The highest BCUT2D eigenvalue weighted by Crippen LogP contribution is 2.65. The van der Waals surface area contributed by atoms with Gasteiger partial charge in [0.05, 0.1) is 39.3 Å². The van der Waals surface area contributed by atoms with Crippen LogP contribution in [0.3, 0.4) is 0 Å². The van der Waals surface area contributed by atoms with Crippen LogP contribution in [0.4, 0.5) is 32.8 Å². The molecule has 8 rings (SSSR count). The minimum atomic E-state index is -2.25. The van der Waals surface area contributed by atoms with Crippen molar-refractivity contribution in [3.05, 3.63) is 110 Å². The molecule has 3 heterocycles. The molecule has 0 spiro atoms. The molecule has 55 heavy (non-hydrogen) atoms. The summed E-state index contributed by atoms with van der Waals surface area (Å²) in [6, 6.07) is 10.9. The molecule has 0 bridgehead atoms. The van der Waals surface area contributed by atoms with Crippen LogP contribution in [0.5, 0.6) is 11.5 Å². The third-order valence-corrected chi connectivity index (χ3v) is 12.6. The Balaban J connectivity index is 1.27. The molecule has 3 aromatic rings. The zero-order valence-corrected chi connectivity index (χ0v) is 30.3. The Kier molecular flexibility index (Phi) is 8.10. The number of rotatable bonds is 6. The van der Waals surface area contributed by atoms with Gasteiger partial charge < -0.3 is 14.7 Å². The highest BCUT2D eigenvalue weighted by Gasteiger charge is 2.77. The van der Waals surface area contributed by atoms with Crippen LogP contribution in [-0.2, 0) is 25.6 Å². The maximum Gasteiger partial charge on any atom is 0.301 e. The Morgan fingerprint density at radius 3 is 2.16 bits per heavy atom. The average Bonchev–Trinajstić information content (AvgIpc) is 3.48. The summed E-state index contributed by atoms with van der Waals surface area (Å²) in [5.74, 6) is -8.31. The molecule has 6 unspecified atom stereocenters. The number of halogens is 3. The number of phenolic OH excluding ortho intramolecular Hbond substituents is 1. The van der Waals surface area contributed by atoms with Gasteiger partial charge in [0.2, 0.25) is 11.8 Å². The van der Waals surface area contributed by atoms with Crippen molar-refractivity contribution in [3.8, 4) is 11.5 Å². The van der Waals surface area contributed by atoms with Crippen molar-refractivity contribution in [2.45, 2.75) is 29.0 Å². The van der Waals surface area contributed by atoms with Crippen molar-refractivity contribution < 1.29 is 43.3 Å². The SMILES string of the molecule is CN(C)c1c([N+](=O)[O-])cc(N2C(=O)C3CC=C4C(CC5(Cl)C(=O)N(c6ccc(F)cc6)C(=O)C5(Cl)C4C4=COc5ccc(O)cc5C4)C3C2=O)cc1[N+](=O)[O-]. The maximum atomic E-state index is 14.6. The van der Waals surface area contributed by atoms with Crippen molar-refractivity contribution >= 4 is 75.3 Å². The number of benzene rings is 3. The lowest BCUT2D eigenvalue weighted by Crippen LogP contribution is -2.61. The van der Waals surface area contributed by atoms with Crippen LogP contribution in [0.1, 0.15) is 18.4 Å². The minimum absolute atomic E-state index is 0.00812. The normalized spacial score (nSPS) is 28.1. The quantitative estimate of drug-likeness (QED) is 0.108. The van der Waals surface area contributed by atoms with Gasteiger partial charge in [0.25, 0.3) is 11.8 Å². The van der Waals surface area contributed by atoms with E-state index in [-0.39, 0.29) is 35.7 Å². The van der Waals surface area contributed by atoms with E-state index in [4.69, 9.17) is 27.9 Å². The number of nitrogens with zero attached hydrogens (tertiary/aromatic N) is 5. The lowest BCUT2D eigenvalue weighted by Gasteiger charge is -2.51. The lowest BCUT2D eigenvalue weighted by atomic mass is 9.56. The number of alkyl halides is 2. The van der Waals surface area contributed by atoms with Gasteiger partial charge in [-0.05, 0) is 66.8 Å². The molecule has 15 nitrogen and oxygen atoms in total. The second-order valence-corrected chi connectivity index (χ2v) is 15.5. The zero-order chi connectivity index (χ0) is 39.5. The highest BCUT2D eigenvalue weighted by atomic mass is 35.5. The minimum Gasteiger partial charge on any atom is -0.508 e. The number of hydrogen-bond acceptors (Lipinski definition) is 11. The molecule has 3 fully saturated rings. The third kappa shape index (κ3) is 5.00. The van der Waals surface area contributed by atoms with E-state index in [1.165, 1.54) is 49.5 Å². The van der Waals surface area contributed by atoms with Gasteiger partial charge in [-0.1, -0.05) is 11.6 Å². The van der Waals surface area contributed by atoms with Gasteiger partial charge in [-0.15, -0.1) is 23.2 Å². The zero-order valence-electron chi connectivity index (χ0n) is 28.8. The van der Waals surface area contributed by atoms with E-state index in [2.05, 4.69) is 0 Å². The Morgan fingerprint density at radius 2 is 1.55 bits per heavy atom. The molecular weight excluding hydrogens is 764 g/mol. The number of nitro groups is 2. The molecule has 1 N–H and O–H groups in total. The molecule has 3 aromatic carbocycles.